The Hall–Kier alpha value is -2.21. The van der Waals surface area contributed by atoms with Crippen molar-refractivity contribution < 1.29 is 9.00 Å². The lowest BCUT2D eigenvalue weighted by Gasteiger charge is -2.23. The summed E-state index contributed by atoms with van der Waals surface area (Å²) >= 11 is 0. The van der Waals surface area contributed by atoms with Crippen LogP contribution in [0.2, 0.25) is 0 Å². The van der Waals surface area contributed by atoms with Gasteiger partial charge in [0, 0.05) is 22.4 Å². The number of benzene rings is 1. The molecule has 1 amide bonds. The van der Waals surface area contributed by atoms with Gasteiger partial charge in [-0.15, -0.1) is 0 Å². The molecule has 1 aromatic heterocycles. The Kier molecular flexibility index (Phi) is 4.41. The lowest BCUT2D eigenvalue weighted by Crippen LogP contribution is -2.27. The molecule has 5 nitrogen and oxygen atoms in total. The van der Waals surface area contributed by atoms with Crippen molar-refractivity contribution in [1.82, 2.24) is 9.78 Å². The Bertz CT molecular complexity index is 817. The molecule has 0 unspecified atom stereocenters. The van der Waals surface area contributed by atoms with Crippen LogP contribution < -0.4 is 5.32 Å². The van der Waals surface area contributed by atoms with E-state index >= 15 is 0 Å². The molecule has 0 radical (unpaired) electrons. The van der Waals surface area contributed by atoms with E-state index in [1.54, 1.807) is 6.08 Å². The van der Waals surface area contributed by atoms with Crippen molar-refractivity contribution in [3.8, 4) is 0 Å². The fourth-order valence-electron chi connectivity index (χ4n) is 2.64. The fourth-order valence-corrected chi connectivity index (χ4v) is 3.90. The summed E-state index contributed by atoms with van der Waals surface area (Å²) in [4.78, 5) is 12.3. The summed E-state index contributed by atoms with van der Waals surface area (Å²) < 4.78 is 13.6. The fraction of sp³-hybridized carbons (Fsp3) is 0.333. The van der Waals surface area contributed by atoms with Crippen LogP contribution in [0.5, 0.6) is 0 Å². The molecule has 0 aliphatic carbocycles. The lowest BCUT2D eigenvalue weighted by molar-refractivity contribution is -0.111. The highest BCUT2D eigenvalue weighted by molar-refractivity contribution is 7.83. The maximum atomic E-state index is 12.3. The highest BCUT2D eigenvalue weighted by atomic mass is 32.2. The van der Waals surface area contributed by atoms with Gasteiger partial charge >= 0.3 is 0 Å². The predicted molar refractivity (Wildman–Crippen MR) is 96.9 cm³/mol. The first-order valence-corrected chi connectivity index (χ1v) is 9.34. The zero-order valence-electron chi connectivity index (χ0n) is 14.1. The van der Waals surface area contributed by atoms with Gasteiger partial charge in [0.05, 0.1) is 22.7 Å². The molecule has 1 aromatic carbocycles. The van der Waals surface area contributed by atoms with Crippen LogP contribution >= 0.6 is 0 Å². The molecule has 2 aromatic rings. The molecule has 0 saturated carbocycles. The number of anilines is 1. The van der Waals surface area contributed by atoms with Crippen LogP contribution in [0.25, 0.3) is 6.08 Å². The third-order valence-electron chi connectivity index (χ3n) is 3.77. The molecule has 0 saturated heterocycles. The summed E-state index contributed by atoms with van der Waals surface area (Å²) in [5, 5.41) is 7.50. The van der Waals surface area contributed by atoms with E-state index in [9.17, 15) is 9.00 Å². The van der Waals surface area contributed by atoms with E-state index in [1.807, 2.05) is 55.8 Å². The van der Waals surface area contributed by atoms with Gasteiger partial charge in [0.2, 0.25) is 5.91 Å². The number of hydrogen-bond donors (Lipinski definition) is 1. The molecule has 6 heteroatoms. The second kappa shape index (κ2) is 6.36. The average molecular weight is 343 g/mol. The van der Waals surface area contributed by atoms with Crippen molar-refractivity contribution in [2.45, 2.75) is 37.8 Å². The standard InChI is InChI=1S/C18H21N3O2S/c1-18(2,3)21-17(14-11-24(23)12-15(14)20-21)19-16(22)10-9-13-7-5-4-6-8-13/h4-10H,11-12H2,1-3H3,(H,19,22)/b10-9-/t24-/m1/s1. The summed E-state index contributed by atoms with van der Waals surface area (Å²) in [6.07, 6.45) is 3.28. The van der Waals surface area contributed by atoms with E-state index in [2.05, 4.69) is 10.4 Å². The molecular weight excluding hydrogens is 322 g/mol. The Morgan fingerprint density at radius 2 is 1.96 bits per heavy atom. The van der Waals surface area contributed by atoms with Crippen LogP contribution in [0.3, 0.4) is 0 Å². The van der Waals surface area contributed by atoms with Crippen molar-refractivity contribution >= 4 is 28.6 Å². The van der Waals surface area contributed by atoms with Gasteiger partial charge in [0.25, 0.3) is 0 Å². The zero-order valence-corrected chi connectivity index (χ0v) is 14.9. The molecule has 2 heterocycles. The Labute approximate surface area is 144 Å². The molecule has 1 atom stereocenters. The normalized spacial score (nSPS) is 17.2. The first-order chi connectivity index (χ1) is 11.3. The highest BCUT2D eigenvalue weighted by Gasteiger charge is 2.31. The van der Waals surface area contributed by atoms with Crippen LogP contribution in [0.4, 0.5) is 5.82 Å². The second-order valence-electron chi connectivity index (χ2n) is 6.82. The average Bonchev–Trinajstić information content (AvgIpc) is 3.03. The van der Waals surface area contributed by atoms with E-state index in [0.29, 0.717) is 17.3 Å². The van der Waals surface area contributed by atoms with E-state index in [-0.39, 0.29) is 11.4 Å². The number of nitrogens with zero attached hydrogens (tertiary/aromatic N) is 2. The smallest absolute Gasteiger partial charge is 0.249 e. The molecule has 1 aliphatic heterocycles. The minimum Gasteiger partial charge on any atom is -0.307 e. The van der Waals surface area contributed by atoms with E-state index in [0.717, 1.165) is 16.8 Å². The van der Waals surface area contributed by atoms with Crippen molar-refractivity contribution in [2.75, 3.05) is 5.32 Å². The molecule has 0 spiro atoms. The zero-order chi connectivity index (χ0) is 17.3. The largest absolute Gasteiger partial charge is 0.307 e. The van der Waals surface area contributed by atoms with Gasteiger partial charge in [-0.1, -0.05) is 30.3 Å². The van der Waals surface area contributed by atoms with Crippen LogP contribution in [-0.2, 0) is 32.6 Å². The Balaban J connectivity index is 1.85. The lowest BCUT2D eigenvalue weighted by atomic mass is 10.1. The molecule has 3 rings (SSSR count). The predicted octanol–water partition coefficient (Wildman–Crippen LogP) is 3.05. The van der Waals surface area contributed by atoms with E-state index in [4.69, 9.17) is 0 Å². The van der Waals surface area contributed by atoms with Gasteiger partial charge in [-0.05, 0) is 32.4 Å². The first-order valence-electron chi connectivity index (χ1n) is 7.85. The van der Waals surface area contributed by atoms with Gasteiger partial charge in [-0.25, -0.2) is 4.68 Å². The number of amides is 1. The minimum atomic E-state index is -0.927. The summed E-state index contributed by atoms with van der Waals surface area (Å²) in [6, 6.07) is 9.65. The summed E-state index contributed by atoms with van der Waals surface area (Å²) in [5.41, 5.74) is 2.41. The van der Waals surface area contributed by atoms with Crippen molar-refractivity contribution in [2.24, 2.45) is 0 Å². The van der Waals surface area contributed by atoms with Crippen LogP contribution in [0.1, 0.15) is 37.6 Å². The van der Waals surface area contributed by atoms with E-state index in [1.165, 1.54) is 6.08 Å². The highest BCUT2D eigenvalue weighted by Crippen LogP contribution is 2.32. The Morgan fingerprint density at radius 1 is 1.25 bits per heavy atom. The number of hydrogen-bond acceptors (Lipinski definition) is 3. The number of carbonyl (C=O) groups excluding carboxylic acids is 1. The van der Waals surface area contributed by atoms with Gasteiger partial charge < -0.3 is 5.32 Å². The third kappa shape index (κ3) is 3.48. The number of carbonyl (C=O) groups is 1. The molecular formula is C18H21N3O2S. The number of aromatic nitrogens is 2. The van der Waals surface area contributed by atoms with Crippen LogP contribution in [0.15, 0.2) is 36.4 Å². The van der Waals surface area contributed by atoms with E-state index < -0.39 is 10.8 Å². The summed E-state index contributed by atoms with van der Waals surface area (Å²) in [5.74, 6) is 1.35. The van der Waals surface area contributed by atoms with Crippen molar-refractivity contribution in [3.05, 3.63) is 53.2 Å². The van der Waals surface area contributed by atoms with Crippen molar-refractivity contribution in [1.29, 1.82) is 0 Å². The molecule has 126 valence electrons. The summed E-state index contributed by atoms with van der Waals surface area (Å²) in [6.45, 7) is 6.09. The number of nitrogens with one attached hydrogen (secondary N) is 1. The Morgan fingerprint density at radius 3 is 2.62 bits per heavy atom. The number of fused-ring (bicyclic) bond motifs is 1. The second-order valence-corrected chi connectivity index (χ2v) is 8.28. The maximum absolute atomic E-state index is 12.3. The molecule has 0 fully saturated rings. The monoisotopic (exact) mass is 343 g/mol. The maximum Gasteiger partial charge on any atom is 0.249 e. The summed E-state index contributed by atoms with van der Waals surface area (Å²) in [7, 11) is -0.927. The SMILES string of the molecule is CC(C)(C)n1nc2c(c1NC(=O)/C=C\c1ccccc1)C[S@@](=O)C2. The molecule has 1 N–H and O–H groups in total. The molecule has 0 bridgehead atoms. The van der Waals surface area contributed by atoms with Gasteiger partial charge in [-0.2, -0.15) is 5.10 Å². The first kappa shape index (κ1) is 16.6. The topological polar surface area (TPSA) is 64.0 Å². The third-order valence-corrected chi connectivity index (χ3v) is 4.98. The number of rotatable bonds is 3. The van der Waals surface area contributed by atoms with Crippen molar-refractivity contribution in [3.63, 3.8) is 0 Å². The van der Waals surface area contributed by atoms with Gasteiger partial charge in [0.1, 0.15) is 5.82 Å². The quantitative estimate of drug-likeness (QED) is 0.871. The van der Waals surface area contributed by atoms with Crippen LogP contribution in [-0.4, -0.2) is 19.9 Å². The van der Waals surface area contributed by atoms with Gasteiger partial charge in [-0.3, -0.25) is 9.00 Å². The molecule has 24 heavy (non-hydrogen) atoms. The molecule has 1 aliphatic rings. The minimum absolute atomic E-state index is 0.218. The van der Waals surface area contributed by atoms with Gasteiger partial charge in [0.15, 0.2) is 0 Å². The van der Waals surface area contributed by atoms with Crippen LogP contribution in [0, 0.1) is 0 Å².